The molecule has 0 saturated heterocycles. The molecule has 2 aromatic carbocycles. The summed E-state index contributed by atoms with van der Waals surface area (Å²) in [6.45, 7) is 1.86. The lowest BCUT2D eigenvalue weighted by Gasteiger charge is -2.27. The number of hydrogen-bond acceptors (Lipinski definition) is 3. The van der Waals surface area contributed by atoms with Crippen molar-refractivity contribution >= 4 is 12.4 Å². The van der Waals surface area contributed by atoms with Crippen LogP contribution >= 0.6 is 12.4 Å². The molecule has 1 atom stereocenters. The van der Waals surface area contributed by atoms with Gasteiger partial charge in [-0.05, 0) is 67.0 Å². The molecule has 0 saturated carbocycles. The molecule has 0 aromatic heterocycles. The topological polar surface area (TPSA) is 41.5 Å². The van der Waals surface area contributed by atoms with Gasteiger partial charge in [0.25, 0.3) is 0 Å². The van der Waals surface area contributed by atoms with Crippen LogP contribution in [0, 0.1) is 0 Å². The Kier molecular flexibility index (Phi) is 6.95. The summed E-state index contributed by atoms with van der Waals surface area (Å²) >= 11 is 0. The minimum absolute atomic E-state index is 0. The number of phenols is 1. The van der Waals surface area contributed by atoms with Gasteiger partial charge in [-0.25, -0.2) is 0 Å². The highest BCUT2D eigenvalue weighted by molar-refractivity contribution is 5.85. The molecule has 0 heterocycles. The van der Waals surface area contributed by atoms with E-state index >= 15 is 0 Å². The summed E-state index contributed by atoms with van der Waals surface area (Å²) in [7, 11) is 1.75. The maximum absolute atomic E-state index is 9.80. The van der Waals surface area contributed by atoms with Crippen LogP contribution in [0.25, 0.3) is 0 Å². The van der Waals surface area contributed by atoms with Crippen molar-refractivity contribution in [1.29, 1.82) is 0 Å². The molecule has 2 aromatic rings. The Morgan fingerprint density at radius 2 is 2.00 bits per heavy atom. The smallest absolute Gasteiger partial charge is 0.122 e. The lowest BCUT2D eigenvalue weighted by atomic mass is 9.82. The first kappa shape index (κ1) is 18.6. The van der Waals surface area contributed by atoms with E-state index in [1.165, 1.54) is 24.0 Å². The third kappa shape index (κ3) is 4.22. The van der Waals surface area contributed by atoms with Gasteiger partial charge in [0.1, 0.15) is 11.5 Å². The van der Waals surface area contributed by atoms with Crippen LogP contribution in [0.3, 0.4) is 0 Å². The molecule has 3 rings (SSSR count). The molecule has 0 radical (unpaired) electrons. The molecular weight excluding hydrogens is 322 g/mol. The number of ether oxygens (including phenoxy) is 1. The molecule has 0 aliphatic heterocycles. The highest BCUT2D eigenvalue weighted by Crippen LogP contribution is 2.36. The van der Waals surface area contributed by atoms with E-state index in [9.17, 15) is 5.11 Å². The summed E-state index contributed by atoms with van der Waals surface area (Å²) in [6, 6.07) is 14.0. The molecule has 0 bridgehead atoms. The fourth-order valence-electron chi connectivity index (χ4n) is 3.54. The molecular formula is C20H26ClNO2. The number of phenolic OH excluding ortho intramolecular Hbond substituents is 1. The lowest BCUT2D eigenvalue weighted by molar-refractivity contribution is 0.401. The van der Waals surface area contributed by atoms with E-state index in [-0.39, 0.29) is 12.4 Å². The predicted octanol–water partition coefficient (Wildman–Crippen LogP) is 4.07. The van der Waals surface area contributed by atoms with Crippen LogP contribution in [-0.4, -0.2) is 25.3 Å². The van der Waals surface area contributed by atoms with Crippen LogP contribution in [0.4, 0.5) is 0 Å². The van der Waals surface area contributed by atoms with E-state index in [1.807, 2.05) is 18.2 Å². The Morgan fingerprint density at radius 1 is 1.17 bits per heavy atom. The van der Waals surface area contributed by atoms with E-state index in [0.717, 1.165) is 37.2 Å². The van der Waals surface area contributed by atoms with Crippen molar-refractivity contribution in [2.24, 2.45) is 0 Å². The zero-order chi connectivity index (χ0) is 16.1. The van der Waals surface area contributed by atoms with Crippen LogP contribution in [0.15, 0.2) is 42.5 Å². The standard InChI is InChI=1S/C20H25NO2.ClH/c1-23-20-11-5-8-17-16(7-4-9-18(17)20)14-21-13-12-15-6-2-3-10-19(15)22;/h2-3,5-6,8,10-11,16,21-22H,4,7,9,12-14H2,1H3;1H/t16-;/m0./s1. The van der Waals surface area contributed by atoms with Gasteiger partial charge >= 0.3 is 0 Å². The largest absolute Gasteiger partial charge is 0.508 e. The van der Waals surface area contributed by atoms with Crippen molar-refractivity contribution in [3.63, 3.8) is 0 Å². The fourth-order valence-corrected chi connectivity index (χ4v) is 3.54. The molecule has 2 N–H and O–H groups in total. The third-order valence-electron chi connectivity index (χ3n) is 4.76. The highest BCUT2D eigenvalue weighted by Gasteiger charge is 2.22. The maximum Gasteiger partial charge on any atom is 0.122 e. The Hall–Kier alpha value is -1.71. The zero-order valence-corrected chi connectivity index (χ0v) is 14.9. The first-order valence-electron chi connectivity index (χ1n) is 8.43. The van der Waals surface area contributed by atoms with Crippen LogP contribution in [0.2, 0.25) is 0 Å². The molecule has 0 spiro atoms. The number of benzene rings is 2. The second kappa shape index (κ2) is 8.95. The van der Waals surface area contributed by atoms with Crippen LogP contribution < -0.4 is 10.1 Å². The summed E-state index contributed by atoms with van der Waals surface area (Å²) in [5.41, 5.74) is 3.82. The molecule has 3 nitrogen and oxygen atoms in total. The first-order chi connectivity index (χ1) is 11.3. The van der Waals surface area contributed by atoms with Gasteiger partial charge in [-0.15, -0.1) is 12.4 Å². The molecule has 4 heteroatoms. The number of rotatable bonds is 6. The number of methoxy groups -OCH3 is 1. The van der Waals surface area contributed by atoms with Crippen LogP contribution in [0.5, 0.6) is 11.5 Å². The minimum atomic E-state index is 0. The molecule has 130 valence electrons. The Bertz CT molecular complexity index is 660. The second-order valence-electron chi connectivity index (χ2n) is 6.20. The van der Waals surface area contributed by atoms with Gasteiger partial charge in [-0.3, -0.25) is 0 Å². The first-order valence-corrected chi connectivity index (χ1v) is 8.43. The number of hydrogen-bond donors (Lipinski definition) is 2. The predicted molar refractivity (Wildman–Crippen MR) is 101 cm³/mol. The summed E-state index contributed by atoms with van der Waals surface area (Å²) < 4.78 is 5.51. The fraction of sp³-hybridized carbons (Fsp3) is 0.400. The molecule has 0 fully saturated rings. The van der Waals surface area contributed by atoms with Gasteiger partial charge in [-0.2, -0.15) is 0 Å². The van der Waals surface area contributed by atoms with Crippen molar-refractivity contribution in [1.82, 2.24) is 5.32 Å². The monoisotopic (exact) mass is 347 g/mol. The van der Waals surface area contributed by atoms with Crippen LogP contribution in [-0.2, 0) is 12.8 Å². The molecule has 0 amide bonds. The van der Waals surface area contributed by atoms with Gasteiger partial charge in [0, 0.05) is 6.54 Å². The van der Waals surface area contributed by atoms with Gasteiger partial charge in [0.15, 0.2) is 0 Å². The quantitative estimate of drug-likeness (QED) is 0.774. The summed E-state index contributed by atoms with van der Waals surface area (Å²) in [5.74, 6) is 1.97. The number of halogens is 1. The van der Waals surface area contributed by atoms with Crippen molar-refractivity contribution in [3.8, 4) is 11.5 Å². The van der Waals surface area contributed by atoms with Gasteiger partial charge in [-0.1, -0.05) is 30.3 Å². The van der Waals surface area contributed by atoms with Crippen molar-refractivity contribution in [2.45, 2.75) is 31.6 Å². The van der Waals surface area contributed by atoms with Gasteiger partial charge < -0.3 is 15.2 Å². The lowest BCUT2D eigenvalue weighted by Crippen LogP contribution is -2.26. The zero-order valence-electron chi connectivity index (χ0n) is 14.1. The number of para-hydroxylation sites is 1. The summed E-state index contributed by atoms with van der Waals surface area (Å²) in [4.78, 5) is 0. The average molecular weight is 348 g/mol. The Morgan fingerprint density at radius 3 is 2.79 bits per heavy atom. The van der Waals surface area contributed by atoms with Gasteiger partial charge in [0.05, 0.1) is 7.11 Å². The molecule has 1 aliphatic carbocycles. The molecule has 1 aliphatic rings. The maximum atomic E-state index is 9.80. The Balaban J connectivity index is 0.00000208. The number of fused-ring (bicyclic) bond motifs is 1. The minimum Gasteiger partial charge on any atom is -0.508 e. The van der Waals surface area contributed by atoms with Crippen molar-refractivity contribution in [3.05, 3.63) is 59.2 Å². The van der Waals surface area contributed by atoms with Crippen molar-refractivity contribution < 1.29 is 9.84 Å². The highest BCUT2D eigenvalue weighted by atomic mass is 35.5. The van der Waals surface area contributed by atoms with Crippen LogP contribution in [0.1, 0.15) is 35.4 Å². The third-order valence-corrected chi connectivity index (χ3v) is 4.76. The Labute approximate surface area is 150 Å². The van der Waals surface area contributed by atoms with E-state index in [0.29, 0.717) is 11.7 Å². The normalized spacial score (nSPS) is 16.1. The molecule has 0 unspecified atom stereocenters. The van der Waals surface area contributed by atoms with Crippen molar-refractivity contribution in [2.75, 3.05) is 20.2 Å². The van der Waals surface area contributed by atoms with E-state index in [4.69, 9.17) is 4.74 Å². The van der Waals surface area contributed by atoms with Gasteiger partial charge in [0.2, 0.25) is 0 Å². The SMILES string of the molecule is COc1cccc2c1CCC[C@H]2CNCCc1ccccc1O.Cl. The van der Waals surface area contributed by atoms with E-state index in [2.05, 4.69) is 23.5 Å². The number of aromatic hydroxyl groups is 1. The second-order valence-corrected chi connectivity index (χ2v) is 6.20. The van der Waals surface area contributed by atoms with E-state index in [1.54, 1.807) is 13.2 Å². The van der Waals surface area contributed by atoms with E-state index < -0.39 is 0 Å². The number of nitrogens with one attached hydrogen (secondary N) is 1. The average Bonchev–Trinajstić information content (AvgIpc) is 2.59. The summed E-state index contributed by atoms with van der Waals surface area (Å²) in [5, 5.41) is 13.4. The molecule has 24 heavy (non-hydrogen) atoms. The summed E-state index contributed by atoms with van der Waals surface area (Å²) in [6.07, 6.45) is 4.42.